The summed E-state index contributed by atoms with van der Waals surface area (Å²) in [4.78, 5) is 12.5. The molecule has 0 aromatic heterocycles. The highest BCUT2D eigenvalue weighted by Crippen LogP contribution is 2.45. The maximum absolute atomic E-state index is 12.5. The molecule has 0 amide bonds. The van der Waals surface area contributed by atoms with E-state index in [9.17, 15) is 4.79 Å². The van der Waals surface area contributed by atoms with Crippen LogP contribution in [0.3, 0.4) is 0 Å². The summed E-state index contributed by atoms with van der Waals surface area (Å²) in [6.45, 7) is 5.89. The molecule has 0 aliphatic carbocycles. The van der Waals surface area contributed by atoms with E-state index < -0.39 is 18.3 Å². The van der Waals surface area contributed by atoms with E-state index in [4.69, 9.17) is 23.7 Å². The third kappa shape index (κ3) is 3.39. The van der Waals surface area contributed by atoms with Crippen LogP contribution in [0.5, 0.6) is 11.5 Å². The fourth-order valence-corrected chi connectivity index (χ4v) is 3.00. The molecule has 1 heterocycles. The van der Waals surface area contributed by atoms with E-state index in [2.05, 4.69) is 6.58 Å². The minimum Gasteiger partial charge on any atom is -0.493 e. The van der Waals surface area contributed by atoms with Gasteiger partial charge in [0, 0.05) is 13.0 Å². The Kier molecular flexibility index (Phi) is 6.23. The van der Waals surface area contributed by atoms with Gasteiger partial charge in [-0.1, -0.05) is 12.1 Å². The van der Waals surface area contributed by atoms with Crippen molar-refractivity contribution in [1.29, 1.82) is 0 Å². The van der Waals surface area contributed by atoms with Gasteiger partial charge in [0.1, 0.15) is 0 Å². The van der Waals surface area contributed by atoms with Crippen molar-refractivity contribution in [2.24, 2.45) is 11.8 Å². The van der Waals surface area contributed by atoms with Gasteiger partial charge in [0.05, 0.1) is 32.8 Å². The van der Waals surface area contributed by atoms with Crippen LogP contribution in [-0.4, -0.2) is 40.2 Å². The third-order valence-electron chi connectivity index (χ3n) is 4.14. The molecule has 1 aliphatic heterocycles. The monoisotopic (exact) mass is 336 g/mol. The van der Waals surface area contributed by atoms with Gasteiger partial charge in [-0.2, -0.15) is 0 Å². The summed E-state index contributed by atoms with van der Waals surface area (Å²) in [7, 11) is 4.67. The Morgan fingerprint density at radius 1 is 1.25 bits per heavy atom. The second-order valence-corrected chi connectivity index (χ2v) is 5.37. The molecule has 0 spiro atoms. The van der Waals surface area contributed by atoms with Crippen LogP contribution in [0, 0.1) is 11.8 Å². The molecule has 2 rings (SSSR count). The molecular formula is C18H24O6. The molecule has 1 fully saturated rings. The van der Waals surface area contributed by atoms with Gasteiger partial charge in [-0.25, -0.2) is 0 Å². The predicted molar refractivity (Wildman–Crippen MR) is 88.0 cm³/mol. The Labute approximate surface area is 142 Å². The van der Waals surface area contributed by atoms with Gasteiger partial charge in [0.2, 0.25) is 0 Å². The number of ether oxygens (including phenoxy) is 5. The minimum absolute atomic E-state index is 0.299. The SMILES string of the molecule is C=C[C@H]1[C@@H](OC)O[C@@H](c2ccc(OC)c(OC)c2)[C@@H]1C(=O)OCC. The van der Waals surface area contributed by atoms with E-state index in [1.54, 1.807) is 46.5 Å². The molecule has 1 saturated heterocycles. The number of esters is 1. The Morgan fingerprint density at radius 2 is 1.96 bits per heavy atom. The largest absolute Gasteiger partial charge is 0.493 e. The lowest BCUT2D eigenvalue weighted by molar-refractivity contribution is -0.151. The first-order valence-electron chi connectivity index (χ1n) is 7.80. The fraction of sp³-hybridized carbons (Fsp3) is 0.500. The molecule has 1 aromatic rings. The first-order chi connectivity index (χ1) is 11.6. The Bertz CT molecular complexity index is 585. The summed E-state index contributed by atoms with van der Waals surface area (Å²) in [5.74, 6) is 0.00658. The van der Waals surface area contributed by atoms with Crippen LogP contribution in [0.25, 0.3) is 0 Å². The topological polar surface area (TPSA) is 63.2 Å². The maximum Gasteiger partial charge on any atom is 0.312 e. The normalized spacial score (nSPS) is 26.0. The summed E-state index contributed by atoms with van der Waals surface area (Å²) in [5, 5.41) is 0. The van der Waals surface area contributed by atoms with Gasteiger partial charge in [-0.05, 0) is 24.6 Å². The summed E-state index contributed by atoms with van der Waals surface area (Å²) < 4.78 is 27.1. The van der Waals surface area contributed by atoms with Crippen LogP contribution in [0.2, 0.25) is 0 Å². The smallest absolute Gasteiger partial charge is 0.312 e. The third-order valence-corrected chi connectivity index (χ3v) is 4.14. The molecule has 1 aliphatic rings. The van der Waals surface area contributed by atoms with Gasteiger partial charge < -0.3 is 23.7 Å². The first kappa shape index (κ1) is 18.3. The zero-order valence-corrected chi connectivity index (χ0v) is 14.5. The van der Waals surface area contributed by atoms with E-state index in [0.29, 0.717) is 18.1 Å². The van der Waals surface area contributed by atoms with Crippen LogP contribution in [0.1, 0.15) is 18.6 Å². The van der Waals surface area contributed by atoms with Gasteiger partial charge >= 0.3 is 5.97 Å². The maximum atomic E-state index is 12.5. The number of carbonyl (C=O) groups is 1. The van der Waals surface area contributed by atoms with Crippen LogP contribution in [0.15, 0.2) is 30.9 Å². The molecule has 0 radical (unpaired) electrons. The summed E-state index contributed by atoms with van der Waals surface area (Å²) >= 11 is 0. The molecule has 0 bridgehead atoms. The van der Waals surface area contributed by atoms with Gasteiger partial charge in [-0.3, -0.25) is 4.79 Å². The average molecular weight is 336 g/mol. The number of hydrogen-bond donors (Lipinski definition) is 0. The molecule has 6 heteroatoms. The first-order valence-corrected chi connectivity index (χ1v) is 7.80. The van der Waals surface area contributed by atoms with E-state index in [0.717, 1.165) is 5.56 Å². The van der Waals surface area contributed by atoms with Crippen molar-refractivity contribution < 1.29 is 28.5 Å². The number of methoxy groups -OCH3 is 3. The zero-order valence-electron chi connectivity index (χ0n) is 14.5. The van der Waals surface area contributed by atoms with Gasteiger partial charge in [0.15, 0.2) is 17.8 Å². The van der Waals surface area contributed by atoms with Crippen molar-refractivity contribution in [2.75, 3.05) is 27.9 Å². The van der Waals surface area contributed by atoms with Gasteiger partial charge in [0.25, 0.3) is 0 Å². The van der Waals surface area contributed by atoms with Crippen molar-refractivity contribution >= 4 is 5.97 Å². The summed E-state index contributed by atoms with van der Waals surface area (Å²) in [6.07, 6.45) is 0.600. The molecule has 0 unspecified atom stereocenters. The molecule has 1 aromatic carbocycles. The zero-order chi connectivity index (χ0) is 17.7. The van der Waals surface area contributed by atoms with Gasteiger partial charge in [-0.15, -0.1) is 6.58 Å². The molecular weight excluding hydrogens is 312 g/mol. The van der Waals surface area contributed by atoms with E-state index in [-0.39, 0.29) is 11.9 Å². The van der Waals surface area contributed by atoms with Crippen molar-refractivity contribution in [3.63, 3.8) is 0 Å². The molecule has 132 valence electrons. The molecule has 0 saturated carbocycles. The average Bonchev–Trinajstić information content (AvgIpc) is 2.99. The minimum atomic E-state index is -0.560. The van der Waals surface area contributed by atoms with Crippen molar-refractivity contribution in [3.05, 3.63) is 36.4 Å². The standard InChI is InChI=1S/C18H24O6/c1-6-12-15(17(19)23-7-2)16(24-18(12)22-5)11-8-9-13(20-3)14(10-11)21-4/h6,8-10,12,15-16,18H,1,7H2,2-5H3/t12-,15-,16+,18+/m1/s1. The van der Waals surface area contributed by atoms with E-state index in [1.165, 1.54) is 0 Å². The lowest BCUT2D eigenvalue weighted by Gasteiger charge is -2.20. The van der Waals surface area contributed by atoms with Crippen molar-refractivity contribution in [3.8, 4) is 11.5 Å². The second-order valence-electron chi connectivity index (χ2n) is 5.37. The summed E-state index contributed by atoms with van der Waals surface area (Å²) in [6, 6.07) is 5.42. The summed E-state index contributed by atoms with van der Waals surface area (Å²) in [5.41, 5.74) is 0.789. The quantitative estimate of drug-likeness (QED) is 0.563. The highest BCUT2D eigenvalue weighted by molar-refractivity contribution is 5.74. The second kappa shape index (κ2) is 8.17. The molecule has 24 heavy (non-hydrogen) atoms. The molecule has 0 N–H and O–H groups in total. The predicted octanol–water partition coefficient (Wildman–Crippen LogP) is 2.73. The Morgan fingerprint density at radius 3 is 2.50 bits per heavy atom. The van der Waals surface area contributed by atoms with E-state index in [1.807, 2.05) is 6.07 Å². The van der Waals surface area contributed by atoms with Crippen LogP contribution >= 0.6 is 0 Å². The number of rotatable bonds is 7. The lowest BCUT2D eigenvalue weighted by Crippen LogP contribution is -2.28. The highest BCUT2D eigenvalue weighted by atomic mass is 16.7. The van der Waals surface area contributed by atoms with Crippen molar-refractivity contribution in [2.45, 2.75) is 19.3 Å². The van der Waals surface area contributed by atoms with E-state index >= 15 is 0 Å². The van der Waals surface area contributed by atoms with Crippen LogP contribution in [0.4, 0.5) is 0 Å². The number of carbonyl (C=O) groups excluding carboxylic acids is 1. The Balaban J connectivity index is 2.41. The van der Waals surface area contributed by atoms with Crippen LogP contribution in [-0.2, 0) is 19.0 Å². The fourth-order valence-electron chi connectivity index (χ4n) is 3.00. The van der Waals surface area contributed by atoms with Crippen LogP contribution < -0.4 is 9.47 Å². The Hall–Kier alpha value is -2.05. The lowest BCUT2D eigenvalue weighted by atomic mass is 9.86. The highest BCUT2D eigenvalue weighted by Gasteiger charge is 2.49. The van der Waals surface area contributed by atoms with Crippen molar-refractivity contribution in [1.82, 2.24) is 0 Å². The number of hydrogen-bond acceptors (Lipinski definition) is 6. The number of benzene rings is 1. The molecule has 4 atom stereocenters. The molecule has 6 nitrogen and oxygen atoms in total.